The summed E-state index contributed by atoms with van der Waals surface area (Å²) in [6.45, 7) is 3.95. The lowest BCUT2D eigenvalue weighted by molar-refractivity contribution is -0.119. The molecule has 0 radical (unpaired) electrons. The average Bonchev–Trinajstić information content (AvgIpc) is 2.60. The summed E-state index contributed by atoms with van der Waals surface area (Å²) < 4.78 is 0. The Morgan fingerprint density at radius 1 is 1.46 bits per heavy atom. The molecule has 0 aliphatic carbocycles. The number of nitrogens with zero attached hydrogens (tertiary/aromatic N) is 1. The average molecular weight is 179 g/mol. The van der Waals surface area contributed by atoms with Crippen molar-refractivity contribution >= 4 is 5.91 Å². The fourth-order valence-corrected chi connectivity index (χ4v) is 1.90. The minimum atomic E-state index is 0.144. The molecule has 1 amide bonds. The van der Waals surface area contributed by atoms with Gasteiger partial charge in [-0.3, -0.25) is 9.89 Å². The Balaban J connectivity index is 2.30. The van der Waals surface area contributed by atoms with E-state index in [0.717, 1.165) is 23.4 Å². The zero-order valence-corrected chi connectivity index (χ0v) is 7.85. The molecule has 2 rings (SSSR count). The molecule has 1 aliphatic heterocycles. The van der Waals surface area contributed by atoms with Crippen LogP contribution >= 0.6 is 0 Å². The molecule has 70 valence electrons. The van der Waals surface area contributed by atoms with Crippen LogP contribution in [0.4, 0.5) is 0 Å². The van der Waals surface area contributed by atoms with Gasteiger partial charge >= 0.3 is 0 Å². The maximum Gasteiger partial charge on any atom is 0.220 e. The van der Waals surface area contributed by atoms with Crippen LogP contribution in [0.15, 0.2) is 0 Å². The summed E-state index contributed by atoms with van der Waals surface area (Å²) in [6.07, 6.45) is 1.52. The highest BCUT2D eigenvalue weighted by Crippen LogP contribution is 2.27. The van der Waals surface area contributed by atoms with Gasteiger partial charge in [-0.25, -0.2) is 0 Å². The summed E-state index contributed by atoms with van der Waals surface area (Å²) in [5.74, 6) is 0.144. The number of carbonyl (C=O) groups is 1. The summed E-state index contributed by atoms with van der Waals surface area (Å²) in [6, 6.07) is 0.172. The lowest BCUT2D eigenvalue weighted by Gasteiger charge is -2.09. The van der Waals surface area contributed by atoms with Crippen molar-refractivity contribution in [3.05, 3.63) is 17.0 Å². The van der Waals surface area contributed by atoms with Crippen LogP contribution in [0, 0.1) is 13.8 Å². The highest BCUT2D eigenvalue weighted by Gasteiger charge is 2.26. The normalized spacial score (nSPS) is 22.0. The van der Waals surface area contributed by atoms with Gasteiger partial charge in [0.15, 0.2) is 0 Å². The van der Waals surface area contributed by atoms with Gasteiger partial charge in [0, 0.05) is 17.7 Å². The van der Waals surface area contributed by atoms with Crippen molar-refractivity contribution in [2.45, 2.75) is 32.7 Å². The smallest absolute Gasteiger partial charge is 0.220 e. The van der Waals surface area contributed by atoms with Gasteiger partial charge in [-0.05, 0) is 20.3 Å². The molecule has 13 heavy (non-hydrogen) atoms. The number of aryl methyl sites for hydroxylation is 2. The Hall–Kier alpha value is -1.32. The van der Waals surface area contributed by atoms with E-state index in [1.54, 1.807) is 0 Å². The van der Waals surface area contributed by atoms with E-state index in [4.69, 9.17) is 0 Å². The molecule has 4 nitrogen and oxygen atoms in total. The second-order valence-electron chi connectivity index (χ2n) is 3.51. The Morgan fingerprint density at radius 2 is 2.23 bits per heavy atom. The Labute approximate surface area is 76.7 Å². The number of nitrogens with one attached hydrogen (secondary N) is 2. The summed E-state index contributed by atoms with van der Waals surface area (Å²) >= 11 is 0. The van der Waals surface area contributed by atoms with Gasteiger partial charge in [0.2, 0.25) is 5.91 Å². The molecule has 1 aromatic rings. The zero-order valence-electron chi connectivity index (χ0n) is 7.85. The minimum Gasteiger partial charge on any atom is -0.349 e. The number of aromatic amines is 1. The Bertz CT molecular complexity index is 323. The van der Waals surface area contributed by atoms with Crippen molar-refractivity contribution in [3.8, 4) is 0 Å². The molecular formula is C9H13N3O. The first-order chi connectivity index (χ1) is 6.18. The fraction of sp³-hybridized carbons (Fsp3) is 0.556. The SMILES string of the molecule is Cc1n[nH]c(C)c1C1CCC(=O)N1. The highest BCUT2D eigenvalue weighted by molar-refractivity contribution is 5.78. The highest BCUT2D eigenvalue weighted by atomic mass is 16.1. The Morgan fingerprint density at radius 3 is 2.69 bits per heavy atom. The number of aromatic nitrogens is 2. The van der Waals surface area contributed by atoms with Crippen molar-refractivity contribution in [1.82, 2.24) is 15.5 Å². The van der Waals surface area contributed by atoms with E-state index in [1.165, 1.54) is 0 Å². The van der Waals surface area contributed by atoms with E-state index in [-0.39, 0.29) is 11.9 Å². The number of hydrogen-bond acceptors (Lipinski definition) is 2. The molecule has 1 fully saturated rings. The fourth-order valence-electron chi connectivity index (χ4n) is 1.90. The van der Waals surface area contributed by atoms with Crippen LogP contribution in [0.25, 0.3) is 0 Å². The maximum absolute atomic E-state index is 11.0. The topological polar surface area (TPSA) is 57.8 Å². The van der Waals surface area contributed by atoms with Gasteiger partial charge < -0.3 is 5.32 Å². The van der Waals surface area contributed by atoms with E-state index in [9.17, 15) is 4.79 Å². The van der Waals surface area contributed by atoms with Crippen molar-refractivity contribution in [2.75, 3.05) is 0 Å². The Kier molecular flexibility index (Phi) is 1.83. The van der Waals surface area contributed by atoms with Crippen molar-refractivity contribution < 1.29 is 4.79 Å². The second kappa shape index (κ2) is 2.87. The van der Waals surface area contributed by atoms with E-state index in [1.807, 2.05) is 13.8 Å². The van der Waals surface area contributed by atoms with Gasteiger partial charge in [0.05, 0.1) is 11.7 Å². The van der Waals surface area contributed by atoms with Gasteiger partial charge in [0.25, 0.3) is 0 Å². The van der Waals surface area contributed by atoms with Gasteiger partial charge in [-0.2, -0.15) is 5.10 Å². The van der Waals surface area contributed by atoms with Crippen molar-refractivity contribution in [1.29, 1.82) is 0 Å². The first-order valence-electron chi connectivity index (χ1n) is 4.49. The van der Waals surface area contributed by atoms with Gasteiger partial charge in [0.1, 0.15) is 0 Å². The van der Waals surface area contributed by atoms with E-state index < -0.39 is 0 Å². The molecule has 4 heteroatoms. The van der Waals surface area contributed by atoms with Crippen LogP contribution < -0.4 is 5.32 Å². The standard InChI is InChI=1S/C9H13N3O/c1-5-9(6(2)12-11-5)7-3-4-8(13)10-7/h7H,3-4H2,1-2H3,(H,10,13)(H,11,12). The minimum absolute atomic E-state index is 0.144. The third kappa shape index (κ3) is 1.32. The number of carbonyl (C=O) groups excluding carboxylic acids is 1. The molecule has 0 spiro atoms. The van der Waals surface area contributed by atoms with Gasteiger partial charge in [-0.15, -0.1) is 0 Å². The maximum atomic E-state index is 11.0. The van der Waals surface area contributed by atoms with Crippen molar-refractivity contribution in [2.24, 2.45) is 0 Å². The first kappa shape index (κ1) is 8.29. The third-order valence-electron chi connectivity index (χ3n) is 2.53. The number of amides is 1. The van der Waals surface area contributed by atoms with Crippen LogP contribution in [0.5, 0.6) is 0 Å². The quantitative estimate of drug-likeness (QED) is 0.675. The van der Waals surface area contributed by atoms with Crippen LogP contribution in [0.3, 0.4) is 0 Å². The number of H-pyrrole nitrogens is 1. The van der Waals surface area contributed by atoms with E-state index in [2.05, 4.69) is 15.5 Å². The lowest BCUT2D eigenvalue weighted by Crippen LogP contribution is -2.19. The largest absolute Gasteiger partial charge is 0.349 e. The monoisotopic (exact) mass is 179 g/mol. The predicted octanol–water partition coefficient (Wildman–Crippen LogP) is 0.978. The van der Waals surface area contributed by atoms with Crippen LogP contribution in [-0.2, 0) is 4.79 Å². The molecule has 0 aromatic carbocycles. The van der Waals surface area contributed by atoms with Gasteiger partial charge in [-0.1, -0.05) is 0 Å². The summed E-state index contributed by atoms with van der Waals surface area (Å²) in [7, 11) is 0. The second-order valence-corrected chi connectivity index (χ2v) is 3.51. The number of hydrogen-bond donors (Lipinski definition) is 2. The molecule has 1 aliphatic rings. The first-order valence-corrected chi connectivity index (χ1v) is 4.49. The van der Waals surface area contributed by atoms with Crippen LogP contribution in [0.1, 0.15) is 35.8 Å². The molecule has 2 heterocycles. The lowest BCUT2D eigenvalue weighted by atomic mass is 10.0. The summed E-state index contributed by atoms with van der Waals surface area (Å²) in [5.41, 5.74) is 3.21. The molecule has 2 N–H and O–H groups in total. The predicted molar refractivity (Wildman–Crippen MR) is 48.2 cm³/mol. The van der Waals surface area contributed by atoms with Crippen LogP contribution in [0.2, 0.25) is 0 Å². The summed E-state index contributed by atoms with van der Waals surface area (Å²) in [5, 5.41) is 9.98. The molecule has 1 saturated heterocycles. The number of rotatable bonds is 1. The third-order valence-corrected chi connectivity index (χ3v) is 2.53. The molecule has 0 bridgehead atoms. The molecule has 1 atom stereocenters. The molecular weight excluding hydrogens is 166 g/mol. The van der Waals surface area contributed by atoms with E-state index in [0.29, 0.717) is 6.42 Å². The van der Waals surface area contributed by atoms with Crippen LogP contribution in [-0.4, -0.2) is 16.1 Å². The zero-order chi connectivity index (χ0) is 9.42. The van der Waals surface area contributed by atoms with E-state index >= 15 is 0 Å². The van der Waals surface area contributed by atoms with Crippen molar-refractivity contribution in [3.63, 3.8) is 0 Å². The molecule has 1 aromatic heterocycles. The summed E-state index contributed by atoms with van der Waals surface area (Å²) in [4.78, 5) is 11.0. The molecule has 1 unspecified atom stereocenters. The molecule has 0 saturated carbocycles.